The number of esters is 1. The van der Waals surface area contributed by atoms with Crippen molar-refractivity contribution >= 4 is 23.8 Å². The number of aromatic nitrogens is 2. The van der Waals surface area contributed by atoms with Crippen LogP contribution in [0.5, 0.6) is 5.75 Å². The molecule has 1 amide bonds. The molecule has 1 atom stereocenters. The highest BCUT2D eigenvalue weighted by Crippen LogP contribution is 2.34. The smallest absolute Gasteiger partial charge is 0.414 e. The second-order valence-corrected chi connectivity index (χ2v) is 10.4. The summed E-state index contributed by atoms with van der Waals surface area (Å²) in [6.07, 6.45) is 6.81. The molecule has 218 valence electrons. The van der Waals surface area contributed by atoms with Gasteiger partial charge in [0.15, 0.2) is 0 Å². The summed E-state index contributed by atoms with van der Waals surface area (Å²) in [4.78, 5) is 37.5. The van der Waals surface area contributed by atoms with E-state index in [-0.39, 0.29) is 13.0 Å². The van der Waals surface area contributed by atoms with Gasteiger partial charge in [-0.15, -0.1) is 0 Å². The second kappa shape index (κ2) is 13.9. The van der Waals surface area contributed by atoms with Gasteiger partial charge in [0.1, 0.15) is 17.4 Å². The van der Waals surface area contributed by atoms with Crippen molar-refractivity contribution in [3.05, 3.63) is 66.1 Å². The van der Waals surface area contributed by atoms with E-state index in [1.54, 1.807) is 69.7 Å². The van der Waals surface area contributed by atoms with Crippen molar-refractivity contribution < 1.29 is 23.5 Å². The normalized spacial score (nSPS) is 14.2. The fraction of sp³-hybridized carbons (Fsp3) is 0.419. The van der Waals surface area contributed by atoms with E-state index in [1.807, 2.05) is 7.05 Å². The van der Waals surface area contributed by atoms with Crippen LogP contribution in [0.15, 0.2) is 54.7 Å². The third kappa shape index (κ3) is 7.71. The Hall–Kier alpha value is -4.21. The molecule has 1 fully saturated rings. The van der Waals surface area contributed by atoms with Gasteiger partial charge < -0.3 is 24.6 Å². The molecule has 1 aromatic heterocycles. The summed E-state index contributed by atoms with van der Waals surface area (Å²) in [6, 6.07) is 13.1. The largest absolute Gasteiger partial charge is 0.466 e. The number of hydrogen-bond donors (Lipinski definition) is 1. The zero-order valence-corrected chi connectivity index (χ0v) is 24.1. The maximum atomic E-state index is 15.0. The van der Waals surface area contributed by atoms with Crippen molar-refractivity contribution in [2.75, 3.05) is 38.0 Å². The van der Waals surface area contributed by atoms with E-state index in [9.17, 15) is 14.0 Å². The Labute approximate surface area is 240 Å². The fourth-order valence-electron chi connectivity index (χ4n) is 4.92. The van der Waals surface area contributed by atoms with Crippen molar-refractivity contribution in [3.63, 3.8) is 0 Å². The lowest BCUT2D eigenvalue weighted by molar-refractivity contribution is -0.143. The summed E-state index contributed by atoms with van der Waals surface area (Å²) in [5, 5.41) is 3.39. The molecule has 1 aliphatic rings. The summed E-state index contributed by atoms with van der Waals surface area (Å²) in [6.45, 7) is 2.00. The van der Waals surface area contributed by atoms with Gasteiger partial charge in [-0.1, -0.05) is 49.6 Å². The second-order valence-electron chi connectivity index (χ2n) is 10.4. The van der Waals surface area contributed by atoms with Gasteiger partial charge in [-0.3, -0.25) is 4.79 Å². The van der Waals surface area contributed by atoms with Crippen LogP contribution in [0.3, 0.4) is 0 Å². The van der Waals surface area contributed by atoms with Crippen LogP contribution in [0.25, 0.3) is 11.1 Å². The fourth-order valence-corrected chi connectivity index (χ4v) is 4.92. The number of ether oxygens (including phenoxy) is 2. The zero-order chi connectivity index (χ0) is 29.4. The van der Waals surface area contributed by atoms with Crippen LogP contribution in [-0.2, 0) is 9.53 Å². The van der Waals surface area contributed by atoms with Crippen LogP contribution in [0, 0.1) is 5.82 Å². The average molecular weight is 564 g/mol. The number of nitrogens with zero attached hydrogens (tertiary/aromatic N) is 4. The summed E-state index contributed by atoms with van der Waals surface area (Å²) < 4.78 is 25.6. The van der Waals surface area contributed by atoms with Crippen LogP contribution in [0.4, 0.5) is 21.0 Å². The van der Waals surface area contributed by atoms with Gasteiger partial charge in [0.2, 0.25) is 5.95 Å². The van der Waals surface area contributed by atoms with E-state index >= 15 is 0 Å². The number of rotatable bonds is 10. The van der Waals surface area contributed by atoms with Gasteiger partial charge in [0, 0.05) is 44.5 Å². The summed E-state index contributed by atoms with van der Waals surface area (Å²) in [5.41, 5.74) is 1.57. The Morgan fingerprint density at radius 2 is 1.73 bits per heavy atom. The molecule has 9 nitrogen and oxygen atoms in total. The summed E-state index contributed by atoms with van der Waals surface area (Å²) in [5.74, 6) is 0.504. The number of carbonyl (C=O) groups is 2. The standard InChI is InChI=1S/C31H38FN5O4/c1-5-40-28(38)19-27(21-15-17-23(18-16-21)41-31(39)36(2)3)34-29-25(24-13-9-10-14-26(24)32)20-33-30(35-29)37(4)22-11-7-6-8-12-22/h9-10,13-18,20,22,27H,5-8,11-12,19H2,1-4H3,(H,33,34,35). The number of amides is 1. The molecule has 41 heavy (non-hydrogen) atoms. The maximum Gasteiger partial charge on any atom is 0.414 e. The van der Waals surface area contributed by atoms with Gasteiger partial charge in [-0.25, -0.2) is 14.2 Å². The molecule has 2 aromatic carbocycles. The van der Waals surface area contributed by atoms with Gasteiger partial charge in [0.05, 0.1) is 19.1 Å². The first-order valence-electron chi connectivity index (χ1n) is 14.0. The molecule has 1 aliphatic carbocycles. The van der Waals surface area contributed by atoms with Gasteiger partial charge >= 0.3 is 12.1 Å². The predicted octanol–water partition coefficient (Wildman–Crippen LogP) is 6.22. The minimum Gasteiger partial charge on any atom is -0.466 e. The van der Waals surface area contributed by atoms with E-state index in [4.69, 9.17) is 14.5 Å². The molecule has 1 N–H and O–H groups in total. The highest BCUT2D eigenvalue weighted by Gasteiger charge is 2.24. The molecule has 1 saturated carbocycles. The molecule has 0 spiro atoms. The van der Waals surface area contributed by atoms with Crippen LogP contribution in [-0.4, -0.2) is 60.7 Å². The molecule has 1 heterocycles. The molecule has 3 aromatic rings. The lowest BCUT2D eigenvalue weighted by atomic mass is 9.95. The summed E-state index contributed by atoms with van der Waals surface area (Å²) in [7, 11) is 5.19. The minimum absolute atomic E-state index is 0.000809. The van der Waals surface area contributed by atoms with Gasteiger partial charge in [0.25, 0.3) is 0 Å². The third-order valence-corrected chi connectivity index (χ3v) is 7.22. The Kier molecular flexibility index (Phi) is 10.1. The highest BCUT2D eigenvalue weighted by molar-refractivity contribution is 5.77. The molecule has 0 aliphatic heterocycles. The molecular formula is C31H38FN5O4. The van der Waals surface area contributed by atoms with Crippen LogP contribution < -0.4 is 15.0 Å². The first-order chi connectivity index (χ1) is 19.8. The number of benzene rings is 2. The van der Waals surface area contributed by atoms with Crippen LogP contribution in [0.1, 0.15) is 57.1 Å². The van der Waals surface area contributed by atoms with Crippen LogP contribution in [0.2, 0.25) is 0 Å². The molecule has 0 saturated heterocycles. The first kappa shape index (κ1) is 29.8. The molecule has 10 heteroatoms. The summed E-state index contributed by atoms with van der Waals surface area (Å²) >= 11 is 0. The Morgan fingerprint density at radius 3 is 2.39 bits per heavy atom. The van der Waals surface area contributed by atoms with Crippen molar-refractivity contribution in [2.24, 2.45) is 0 Å². The Balaban J connectivity index is 1.71. The highest BCUT2D eigenvalue weighted by atomic mass is 19.1. The molecule has 1 unspecified atom stereocenters. The molecular weight excluding hydrogens is 525 g/mol. The number of nitrogens with one attached hydrogen (secondary N) is 1. The van der Waals surface area contributed by atoms with E-state index < -0.39 is 23.9 Å². The minimum atomic E-state index is -0.569. The Morgan fingerprint density at radius 1 is 1.02 bits per heavy atom. The molecule has 0 bridgehead atoms. The zero-order valence-electron chi connectivity index (χ0n) is 24.1. The van der Waals surface area contributed by atoms with E-state index in [0.717, 1.165) is 31.2 Å². The van der Waals surface area contributed by atoms with Crippen molar-refractivity contribution in [1.29, 1.82) is 0 Å². The van der Waals surface area contributed by atoms with E-state index in [2.05, 4.69) is 15.2 Å². The quantitative estimate of drug-likeness (QED) is 0.291. The van der Waals surface area contributed by atoms with Gasteiger partial charge in [-0.2, -0.15) is 4.98 Å². The lowest BCUT2D eigenvalue weighted by Crippen LogP contribution is -2.34. The monoisotopic (exact) mass is 563 g/mol. The van der Waals surface area contributed by atoms with Gasteiger partial charge in [-0.05, 0) is 43.5 Å². The van der Waals surface area contributed by atoms with Crippen LogP contribution >= 0.6 is 0 Å². The molecule has 0 radical (unpaired) electrons. The lowest BCUT2D eigenvalue weighted by Gasteiger charge is -2.31. The van der Waals surface area contributed by atoms with Crippen molar-refractivity contribution in [1.82, 2.24) is 14.9 Å². The van der Waals surface area contributed by atoms with Crippen molar-refractivity contribution in [2.45, 2.75) is 57.5 Å². The Bertz CT molecular complexity index is 1330. The number of anilines is 2. The number of hydrogen-bond acceptors (Lipinski definition) is 8. The van der Waals surface area contributed by atoms with Crippen molar-refractivity contribution in [3.8, 4) is 16.9 Å². The predicted molar refractivity (Wildman–Crippen MR) is 156 cm³/mol. The first-order valence-corrected chi connectivity index (χ1v) is 14.0. The topological polar surface area (TPSA) is 96.9 Å². The van der Waals surface area contributed by atoms with E-state index in [0.29, 0.717) is 34.7 Å². The third-order valence-electron chi connectivity index (χ3n) is 7.22. The SMILES string of the molecule is CCOC(=O)CC(Nc1nc(N(C)C2CCCCC2)ncc1-c1ccccc1F)c1ccc(OC(=O)N(C)C)cc1. The number of carbonyl (C=O) groups excluding carboxylic acids is 2. The molecule has 4 rings (SSSR count). The maximum absolute atomic E-state index is 15.0. The van der Waals surface area contributed by atoms with E-state index in [1.165, 1.54) is 17.4 Å². The number of halogens is 1. The average Bonchev–Trinajstić information content (AvgIpc) is 2.98.